The van der Waals surface area contributed by atoms with Crippen LogP contribution in [-0.4, -0.2) is 17.8 Å². The molecule has 8 heteroatoms. The SMILES string of the molecule is O=Cc1cc([N+](=O)[O-])cc(F)c1OC(F)F. The number of nitrogens with zero attached hydrogens (tertiary/aromatic N) is 1. The van der Waals surface area contributed by atoms with E-state index >= 15 is 0 Å². The topological polar surface area (TPSA) is 69.4 Å². The molecule has 0 fully saturated rings. The number of aldehydes is 1. The number of nitro benzene ring substituents is 1. The van der Waals surface area contributed by atoms with Crippen molar-refractivity contribution in [3.63, 3.8) is 0 Å². The summed E-state index contributed by atoms with van der Waals surface area (Å²) in [6.07, 6.45) is -0.00616. The molecule has 5 nitrogen and oxygen atoms in total. The maximum absolute atomic E-state index is 13.1. The molecule has 1 aromatic rings. The fraction of sp³-hybridized carbons (Fsp3) is 0.125. The van der Waals surface area contributed by atoms with Crippen molar-refractivity contribution in [2.45, 2.75) is 6.61 Å². The molecule has 0 bridgehead atoms. The molecule has 0 radical (unpaired) electrons. The molecule has 0 aromatic heterocycles. The Kier molecular flexibility index (Phi) is 3.44. The highest BCUT2D eigenvalue weighted by Gasteiger charge is 2.20. The van der Waals surface area contributed by atoms with Gasteiger partial charge in [-0.25, -0.2) is 4.39 Å². The zero-order valence-electron chi connectivity index (χ0n) is 7.52. The number of non-ortho nitro benzene ring substituents is 1. The second-order valence-electron chi connectivity index (χ2n) is 2.60. The molecule has 0 N–H and O–H groups in total. The number of hydrogen-bond donors (Lipinski definition) is 0. The molecule has 1 rings (SSSR count). The molecule has 0 spiro atoms. The Hall–Kier alpha value is -2.12. The molecule has 0 saturated carbocycles. The minimum absolute atomic E-state index is 0.00616. The summed E-state index contributed by atoms with van der Waals surface area (Å²) in [7, 11) is 0. The summed E-state index contributed by atoms with van der Waals surface area (Å²) in [4.78, 5) is 19.8. The van der Waals surface area contributed by atoms with E-state index in [1.165, 1.54) is 0 Å². The quantitative estimate of drug-likeness (QED) is 0.455. The van der Waals surface area contributed by atoms with Gasteiger partial charge in [-0.3, -0.25) is 14.9 Å². The second-order valence-corrected chi connectivity index (χ2v) is 2.60. The molecule has 0 aliphatic heterocycles. The number of ether oxygens (including phenoxy) is 1. The average Bonchev–Trinajstić information content (AvgIpc) is 2.19. The van der Waals surface area contributed by atoms with E-state index in [0.717, 1.165) is 0 Å². The van der Waals surface area contributed by atoms with Gasteiger partial charge in [-0.2, -0.15) is 8.78 Å². The molecule has 16 heavy (non-hydrogen) atoms. The number of nitro groups is 1. The van der Waals surface area contributed by atoms with Crippen LogP contribution < -0.4 is 4.74 Å². The zero-order chi connectivity index (χ0) is 12.3. The summed E-state index contributed by atoms with van der Waals surface area (Å²) >= 11 is 0. The van der Waals surface area contributed by atoms with E-state index in [0.29, 0.717) is 12.1 Å². The number of halogens is 3. The molecular weight excluding hydrogens is 231 g/mol. The third-order valence-corrected chi connectivity index (χ3v) is 1.60. The zero-order valence-corrected chi connectivity index (χ0v) is 7.52. The average molecular weight is 235 g/mol. The van der Waals surface area contributed by atoms with Gasteiger partial charge in [-0.15, -0.1) is 0 Å². The highest BCUT2D eigenvalue weighted by molar-refractivity contribution is 5.80. The van der Waals surface area contributed by atoms with Crippen LogP contribution in [0.4, 0.5) is 18.9 Å². The molecule has 0 aliphatic rings. The number of carbonyl (C=O) groups excluding carboxylic acids is 1. The van der Waals surface area contributed by atoms with Gasteiger partial charge < -0.3 is 4.74 Å². The van der Waals surface area contributed by atoms with Crippen molar-refractivity contribution in [1.82, 2.24) is 0 Å². The molecule has 0 heterocycles. The van der Waals surface area contributed by atoms with Gasteiger partial charge in [-0.05, 0) is 0 Å². The minimum Gasteiger partial charge on any atom is -0.431 e. The summed E-state index contributed by atoms with van der Waals surface area (Å²) < 4.78 is 40.5. The van der Waals surface area contributed by atoms with Crippen molar-refractivity contribution in [2.75, 3.05) is 0 Å². The van der Waals surface area contributed by atoms with Crippen LogP contribution in [-0.2, 0) is 0 Å². The van der Waals surface area contributed by atoms with Gasteiger partial charge in [-0.1, -0.05) is 0 Å². The molecule has 1 aromatic carbocycles. The van der Waals surface area contributed by atoms with Gasteiger partial charge in [0, 0.05) is 6.07 Å². The van der Waals surface area contributed by atoms with Gasteiger partial charge in [0.25, 0.3) is 5.69 Å². The Morgan fingerprint density at radius 2 is 2.06 bits per heavy atom. The van der Waals surface area contributed by atoms with Crippen molar-refractivity contribution in [3.8, 4) is 5.75 Å². The van der Waals surface area contributed by atoms with Crippen LogP contribution in [0, 0.1) is 15.9 Å². The summed E-state index contributed by atoms with van der Waals surface area (Å²) in [6.45, 7) is -3.32. The van der Waals surface area contributed by atoms with E-state index in [1.807, 2.05) is 0 Å². The third-order valence-electron chi connectivity index (χ3n) is 1.60. The van der Waals surface area contributed by atoms with Crippen LogP contribution in [0.2, 0.25) is 0 Å². The lowest BCUT2D eigenvalue weighted by Gasteiger charge is -2.07. The maximum atomic E-state index is 13.1. The molecular formula is C8H4F3NO4. The number of carbonyl (C=O) groups is 1. The third kappa shape index (κ3) is 2.47. The van der Waals surface area contributed by atoms with Gasteiger partial charge in [0.05, 0.1) is 16.6 Å². The largest absolute Gasteiger partial charge is 0.431 e. The Bertz CT molecular complexity index is 436. The Balaban J connectivity index is 3.28. The fourth-order valence-electron chi connectivity index (χ4n) is 1.01. The van der Waals surface area contributed by atoms with Crippen molar-refractivity contribution < 1.29 is 27.6 Å². The lowest BCUT2D eigenvalue weighted by molar-refractivity contribution is -0.385. The maximum Gasteiger partial charge on any atom is 0.387 e. The van der Waals surface area contributed by atoms with Crippen molar-refractivity contribution in [3.05, 3.63) is 33.6 Å². The lowest BCUT2D eigenvalue weighted by atomic mass is 10.2. The van der Waals surface area contributed by atoms with E-state index in [-0.39, 0.29) is 6.29 Å². The van der Waals surface area contributed by atoms with Crippen molar-refractivity contribution >= 4 is 12.0 Å². The van der Waals surface area contributed by atoms with E-state index in [4.69, 9.17) is 0 Å². The Morgan fingerprint density at radius 3 is 2.50 bits per heavy atom. The predicted molar refractivity (Wildman–Crippen MR) is 45.1 cm³/mol. The highest BCUT2D eigenvalue weighted by atomic mass is 19.3. The summed E-state index contributed by atoms with van der Waals surface area (Å²) in [6, 6.07) is 1.04. The van der Waals surface area contributed by atoms with Crippen LogP contribution in [0.15, 0.2) is 12.1 Å². The molecule has 0 aliphatic carbocycles. The Morgan fingerprint density at radius 1 is 1.44 bits per heavy atom. The normalized spacial score (nSPS) is 10.2. The van der Waals surface area contributed by atoms with E-state index in [9.17, 15) is 28.1 Å². The first-order valence-corrected chi connectivity index (χ1v) is 3.83. The lowest BCUT2D eigenvalue weighted by Crippen LogP contribution is -2.07. The monoisotopic (exact) mass is 235 g/mol. The molecule has 0 amide bonds. The summed E-state index contributed by atoms with van der Waals surface area (Å²) in [5.74, 6) is -2.40. The summed E-state index contributed by atoms with van der Waals surface area (Å²) in [5.41, 5.74) is -1.37. The van der Waals surface area contributed by atoms with Crippen LogP contribution in [0.3, 0.4) is 0 Å². The van der Waals surface area contributed by atoms with Gasteiger partial charge in [0.15, 0.2) is 17.9 Å². The van der Waals surface area contributed by atoms with Gasteiger partial charge in [0.1, 0.15) is 0 Å². The molecule has 0 atom stereocenters. The first kappa shape index (κ1) is 12.0. The van der Waals surface area contributed by atoms with Crippen LogP contribution in [0.5, 0.6) is 5.75 Å². The van der Waals surface area contributed by atoms with Crippen molar-refractivity contribution in [1.29, 1.82) is 0 Å². The van der Waals surface area contributed by atoms with E-state index in [2.05, 4.69) is 4.74 Å². The number of rotatable bonds is 4. The van der Waals surface area contributed by atoms with E-state index in [1.54, 1.807) is 0 Å². The second kappa shape index (κ2) is 4.60. The van der Waals surface area contributed by atoms with E-state index < -0.39 is 34.4 Å². The summed E-state index contributed by atoms with van der Waals surface area (Å²) in [5, 5.41) is 10.3. The predicted octanol–water partition coefficient (Wildman–Crippen LogP) is 2.15. The first-order valence-electron chi connectivity index (χ1n) is 3.83. The molecule has 0 unspecified atom stereocenters. The fourth-order valence-corrected chi connectivity index (χ4v) is 1.01. The number of alkyl halides is 2. The van der Waals surface area contributed by atoms with Crippen LogP contribution in [0.25, 0.3) is 0 Å². The van der Waals surface area contributed by atoms with Crippen LogP contribution in [0.1, 0.15) is 10.4 Å². The number of hydrogen-bond acceptors (Lipinski definition) is 4. The highest BCUT2D eigenvalue weighted by Crippen LogP contribution is 2.28. The van der Waals surface area contributed by atoms with Crippen LogP contribution >= 0.6 is 0 Å². The van der Waals surface area contributed by atoms with Gasteiger partial charge >= 0.3 is 6.61 Å². The van der Waals surface area contributed by atoms with Crippen molar-refractivity contribution in [2.24, 2.45) is 0 Å². The standard InChI is InChI=1S/C8H4F3NO4/c9-6-2-5(12(14)15)1-4(3-13)7(6)16-8(10)11/h1-3,8H. The first-order chi connectivity index (χ1) is 7.45. The smallest absolute Gasteiger partial charge is 0.387 e. The Labute approximate surface area is 86.6 Å². The number of benzene rings is 1. The minimum atomic E-state index is -3.32. The van der Waals surface area contributed by atoms with Gasteiger partial charge in [0.2, 0.25) is 0 Å². The molecule has 86 valence electrons. The molecule has 0 saturated heterocycles.